The van der Waals surface area contributed by atoms with Gasteiger partial charge in [-0.1, -0.05) is 23.2 Å². The van der Waals surface area contributed by atoms with Gasteiger partial charge in [0.25, 0.3) is 0 Å². The Morgan fingerprint density at radius 3 is 2.88 bits per heavy atom. The summed E-state index contributed by atoms with van der Waals surface area (Å²) in [7, 11) is 0. The highest BCUT2D eigenvalue weighted by molar-refractivity contribution is 6.42. The zero-order chi connectivity index (χ0) is 12.3. The van der Waals surface area contributed by atoms with E-state index in [1.165, 1.54) is 0 Å². The maximum atomic E-state index is 11.7. The Balaban J connectivity index is 1.90. The van der Waals surface area contributed by atoms with Gasteiger partial charge < -0.3 is 10.6 Å². The molecule has 1 aliphatic heterocycles. The van der Waals surface area contributed by atoms with E-state index in [1.54, 1.807) is 18.2 Å². The molecular formula is C12H14Cl2N2O. The lowest BCUT2D eigenvalue weighted by Gasteiger charge is -2.10. The molecule has 2 rings (SSSR count). The van der Waals surface area contributed by atoms with Crippen LogP contribution < -0.4 is 10.6 Å². The van der Waals surface area contributed by atoms with E-state index < -0.39 is 0 Å². The highest BCUT2D eigenvalue weighted by Gasteiger charge is 2.17. The van der Waals surface area contributed by atoms with Crippen molar-refractivity contribution in [2.75, 3.05) is 11.9 Å². The van der Waals surface area contributed by atoms with Crippen molar-refractivity contribution in [3.05, 3.63) is 28.2 Å². The molecule has 1 fully saturated rings. The van der Waals surface area contributed by atoms with Crippen LogP contribution in [0.5, 0.6) is 0 Å². The number of halogens is 2. The summed E-state index contributed by atoms with van der Waals surface area (Å²) in [5.41, 5.74) is 0.683. The summed E-state index contributed by atoms with van der Waals surface area (Å²) in [5, 5.41) is 7.04. The second-order valence-corrected chi connectivity index (χ2v) is 4.99. The van der Waals surface area contributed by atoms with E-state index in [-0.39, 0.29) is 5.91 Å². The standard InChI is InChI=1S/C12H14Cl2N2O/c13-10-4-3-9(6-11(10)14)16-12(17)7-8-2-1-5-15-8/h3-4,6,8,15H,1-2,5,7H2,(H,16,17). The van der Waals surface area contributed by atoms with Gasteiger partial charge in [0, 0.05) is 18.2 Å². The minimum atomic E-state index is 0.00258. The smallest absolute Gasteiger partial charge is 0.225 e. The van der Waals surface area contributed by atoms with Gasteiger partial charge in [0.05, 0.1) is 10.0 Å². The van der Waals surface area contributed by atoms with Gasteiger partial charge >= 0.3 is 0 Å². The highest BCUT2D eigenvalue weighted by atomic mass is 35.5. The predicted molar refractivity (Wildman–Crippen MR) is 70.7 cm³/mol. The molecule has 3 nitrogen and oxygen atoms in total. The molecular weight excluding hydrogens is 259 g/mol. The summed E-state index contributed by atoms with van der Waals surface area (Å²) in [6.07, 6.45) is 2.71. The van der Waals surface area contributed by atoms with Gasteiger partial charge in [-0.05, 0) is 37.6 Å². The number of benzene rings is 1. The van der Waals surface area contributed by atoms with Gasteiger partial charge in [0.2, 0.25) is 5.91 Å². The molecule has 17 heavy (non-hydrogen) atoms. The second-order valence-electron chi connectivity index (χ2n) is 4.17. The first-order chi connectivity index (χ1) is 8.15. The van der Waals surface area contributed by atoms with E-state index in [0.29, 0.717) is 28.2 Å². The van der Waals surface area contributed by atoms with E-state index in [2.05, 4.69) is 10.6 Å². The number of amides is 1. The summed E-state index contributed by atoms with van der Waals surface area (Å²) < 4.78 is 0. The van der Waals surface area contributed by atoms with Gasteiger partial charge in [-0.2, -0.15) is 0 Å². The SMILES string of the molecule is O=C(CC1CCCN1)Nc1ccc(Cl)c(Cl)c1. The normalized spacial score (nSPS) is 19.3. The summed E-state index contributed by atoms with van der Waals surface area (Å²) in [6.45, 7) is 1.00. The topological polar surface area (TPSA) is 41.1 Å². The Hall–Kier alpha value is -0.770. The molecule has 1 aromatic carbocycles. The average Bonchev–Trinajstić information content (AvgIpc) is 2.76. The Morgan fingerprint density at radius 1 is 1.41 bits per heavy atom. The largest absolute Gasteiger partial charge is 0.326 e. The highest BCUT2D eigenvalue weighted by Crippen LogP contribution is 2.25. The Labute approximate surface area is 110 Å². The van der Waals surface area contributed by atoms with Crippen molar-refractivity contribution < 1.29 is 4.79 Å². The fourth-order valence-corrected chi connectivity index (χ4v) is 2.24. The average molecular weight is 273 g/mol. The number of carbonyl (C=O) groups excluding carboxylic acids is 1. The van der Waals surface area contributed by atoms with Crippen LogP contribution in [0.3, 0.4) is 0 Å². The van der Waals surface area contributed by atoms with Crippen LogP contribution in [0.25, 0.3) is 0 Å². The molecule has 0 radical (unpaired) electrons. The summed E-state index contributed by atoms with van der Waals surface area (Å²) >= 11 is 11.7. The van der Waals surface area contributed by atoms with Crippen LogP contribution >= 0.6 is 23.2 Å². The molecule has 1 aliphatic rings. The van der Waals surface area contributed by atoms with E-state index in [9.17, 15) is 4.79 Å². The van der Waals surface area contributed by atoms with E-state index in [1.807, 2.05) is 0 Å². The van der Waals surface area contributed by atoms with Crippen molar-refractivity contribution in [1.82, 2.24) is 5.32 Å². The van der Waals surface area contributed by atoms with E-state index in [4.69, 9.17) is 23.2 Å². The predicted octanol–water partition coefficient (Wildman–Crippen LogP) is 3.07. The first kappa shape index (κ1) is 12.7. The zero-order valence-corrected chi connectivity index (χ0v) is 10.8. The van der Waals surface area contributed by atoms with E-state index >= 15 is 0 Å². The molecule has 0 saturated carbocycles. The van der Waals surface area contributed by atoms with Crippen LogP contribution in [-0.4, -0.2) is 18.5 Å². The van der Waals surface area contributed by atoms with Gasteiger partial charge in [-0.25, -0.2) is 0 Å². The molecule has 1 unspecified atom stereocenters. The van der Waals surface area contributed by atoms with Crippen LogP contribution in [-0.2, 0) is 4.79 Å². The fraction of sp³-hybridized carbons (Fsp3) is 0.417. The maximum absolute atomic E-state index is 11.7. The number of carbonyl (C=O) groups is 1. The van der Waals surface area contributed by atoms with E-state index in [0.717, 1.165) is 19.4 Å². The maximum Gasteiger partial charge on any atom is 0.225 e. The third-order valence-electron chi connectivity index (χ3n) is 2.80. The first-order valence-corrected chi connectivity index (χ1v) is 6.39. The molecule has 0 bridgehead atoms. The molecule has 1 aromatic rings. The monoisotopic (exact) mass is 272 g/mol. The Bertz CT molecular complexity index is 417. The van der Waals surface area contributed by atoms with Crippen molar-refractivity contribution in [2.24, 2.45) is 0 Å². The molecule has 1 atom stereocenters. The number of anilines is 1. The van der Waals surface area contributed by atoms with Crippen molar-refractivity contribution in [1.29, 1.82) is 0 Å². The van der Waals surface area contributed by atoms with Crippen molar-refractivity contribution in [3.63, 3.8) is 0 Å². The van der Waals surface area contributed by atoms with Crippen LogP contribution in [0.1, 0.15) is 19.3 Å². The summed E-state index contributed by atoms with van der Waals surface area (Å²) in [6, 6.07) is 5.38. The molecule has 0 aliphatic carbocycles. The van der Waals surface area contributed by atoms with Gasteiger partial charge in [0.1, 0.15) is 0 Å². The Morgan fingerprint density at radius 2 is 2.24 bits per heavy atom. The Kier molecular flexibility index (Phi) is 4.26. The van der Waals surface area contributed by atoms with Gasteiger partial charge in [-0.15, -0.1) is 0 Å². The van der Waals surface area contributed by atoms with Crippen molar-refractivity contribution >= 4 is 34.8 Å². The molecule has 1 amide bonds. The molecule has 1 saturated heterocycles. The third kappa shape index (κ3) is 3.60. The number of rotatable bonds is 3. The molecule has 0 aromatic heterocycles. The fourth-order valence-electron chi connectivity index (χ4n) is 1.94. The number of hydrogen-bond donors (Lipinski definition) is 2. The minimum absolute atomic E-state index is 0.00258. The number of nitrogens with one attached hydrogen (secondary N) is 2. The minimum Gasteiger partial charge on any atom is -0.326 e. The van der Waals surface area contributed by atoms with Crippen LogP contribution in [0.15, 0.2) is 18.2 Å². The second kappa shape index (κ2) is 5.71. The number of hydrogen-bond acceptors (Lipinski definition) is 2. The van der Waals surface area contributed by atoms with Crippen LogP contribution in [0.4, 0.5) is 5.69 Å². The lowest BCUT2D eigenvalue weighted by molar-refractivity contribution is -0.116. The molecule has 5 heteroatoms. The molecule has 92 valence electrons. The van der Waals surface area contributed by atoms with Crippen LogP contribution in [0.2, 0.25) is 10.0 Å². The lowest BCUT2D eigenvalue weighted by atomic mass is 10.1. The van der Waals surface area contributed by atoms with Gasteiger partial charge in [0.15, 0.2) is 0 Å². The quantitative estimate of drug-likeness (QED) is 0.888. The third-order valence-corrected chi connectivity index (χ3v) is 3.54. The molecule has 2 N–H and O–H groups in total. The summed E-state index contributed by atoms with van der Waals surface area (Å²) in [4.78, 5) is 11.7. The summed E-state index contributed by atoms with van der Waals surface area (Å²) in [5.74, 6) is 0.00258. The zero-order valence-electron chi connectivity index (χ0n) is 9.30. The molecule has 1 heterocycles. The first-order valence-electron chi connectivity index (χ1n) is 5.63. The van der Waals surface area contributed by atoms with Gasteiger partial charge in [-0.3, -0.25) is 4.79 Å². The van der Waals surface area contributed by atoms with Crippen molar-refractivity contribution in [2.45, 2.75) is 25.3 Å². The van der Waals surface area contributed by atoms with Crippen molar-refractivity contribution in [3.8, 4) is 0 Å². The lowest BCUT2D eigenvalue weighted by Crippen LogP contribution is -2.27. The van der Waals surface area contributed by atoms with Crippen LogP contribution in [0, 0.1) is 0 Å². The molecule has 0 spiro atoms.